The van der Waals surface area contributed by atoms with E-state index in [4.69, 9.17) is 0 Å². The van der Waals surface area contributed by atoms with Crippen molar-refractivity contribution in [3.05, 3.63) is 11.8 Å². The number of thioether (sulfide) groups is 1. The Morgan fingerprint density at radius 3 is 2.89 bits per heavy atom. The lowest BCUT2D eigenvalue weighted by Crippen LogP contribution is -2.34. The molecule has 1 unspecified atom stereocenters. The molecule has 0 saturated carbocycles. The van der Waals surface area contributed by atoms with E-state index in [2.05, 4.69) is 20.2 Å². The van der Waals surface area contributed by atoms with Crippen LogP contribution < -0.4 is 10.0 Å². The van der Waals surface area contributed by atoms with Crippen molar-refractivity contribution in [3.8, 4) is 0 Å². The Labute approximate surface area is 112 Å². The second-order valence-electron chi connectivity index (χ2n) is 4.06. The summed E-state index contributed by atoms with van der Waals surface area (Å²) in [7, 11) is -1.75. The van der Waals surface area contributed by atoms with Crippen LogP contribution >= 0.6 is 11.8 Å². The largest absolute Gasteiger partial charge is 0.316 e. The van der Waals surface area contributed by atoms with E-state index in [0.717, 1.165) is 12.2 Å². The summed E-state index contributed by atoms with van der Waals surface area (Å²) in [5, 5.41) is 9.40. The monoisotopic (exact) mass is 292 g/mol. The summed E-state index contributed by atoms with van der Waals surface area (Å²) in [6.45, 7) is 2.33. The molecule has 104 valence electrons. The molecule has 0 saturated heterocycles. The van der Waals surface area contributed by atoms with Gasteiger partial charge in [0.15, 0.2) is 5.03 Å². The Kier molecular flexibility index (Phi) is 6.13. The van der Waals surface area contributed by atoms with E-state index in [-0.39, 0.29) is 11.1 Å². The SMILES string of the molecule is CNCc1cn[nH]c1S(=O)(=O)NC(C)CCSC. The van der Waals surface area contributed by atoms with Crippen molar-refractivity contribution < 1.29 is 8.42 Å². The number of hydrogen-bond acceptors (Lipinski definition) is 5. The summed E-state index contributed by atoms with van der Waals surface area (Å²) in [5.41, 5.74) is 0.641. The molecule has 1 atom stereocenters. The zero-order chi connectivity index (χ0) is 13.6. The van der Waals surface area contributed by atoms with Gasteiger partial charge in [-0.05, 0) is 32.4 Å². The molecule has 1 aromatic heterocycles. The van der Waals surface area contributed by atoms with Crippen LogP contribution in [0.1, 0.15) is 18.9 Å². The first-order valence-corrected chi connectivity index (χ1v) is 8.57. The molecule has 0 spiro atoms. The normalized spacial score (nSPS) is 13.7. The van der Waals surface area contributed by atoms with Gasteiger partial charge < -0.3 is 5.32 Å². The fraction of sp³-hybridized carbons (Fsp3) is 0.700. The van der Waals surface area contributed by atoms with Gasteiger partial charge in [0, 0.05) is 18.2 Å². The summed E-state index contributed by atoms with van der Waals surface area (Å²) >= 11 is 1.70. The van der Waals surface area contributed by atoms with E-state index in [1.165, 1.54) is 6.20 Å². The predicted octanol–water partition coefficient (Wildman–Crippen LogP) is 0.549. The fourth-order valence-corrected chi connectivity index (χ4v) is 3.52. The van der Waals surface area contributed by atoms with Crippen LogP contribution in [0.3, 0.4) is 0 Å². The minimum atomic E-state index is -3.52. The number of aromatic amines is 1. The van der Waals surface area contributed by atoms with Gasteiger partial charge in [0.1, 0.15) is 0 Å². The summed E-state index contributed by atoms with van der Waals surface area (Å²) < 4.78 is 26.9. The standard InChI is InChI=1S/C10H20N4O2S2/c1-8(4-5-17-3)14-18(15,16)10-9(6-11-2)7-12-13-10/h7-8,11,14H,4-6H2,1-3H3,(H,12,13). The first-order chi connectivity index (χ1) is 8.51. The van der Waals surface area contributed by atoms with Crippen molar-refractivity contribution in [2.24, 2.45) is 0 Å². The van der Waals surface area contributed by atoms with Crippen LogP contribution in [-0.4, -0.2) is 43.7 Å². The van der Waals surface area contributed by atoms with Crippen LogP contribution in [0.5, 0.6) is 0 Å². The maximum atomic E-state index is 12.1. The molecule has 0 fully saturated rings. The lowest BCUT2D eigenvalue weighted by molar-refractivity contribution is 0.551. The van der Waals surface area contributed by atoms with Gasteiger partial charge in [0.2, 0.25) is 0 Å². The highest BCUT2D eigenvalue weighted by Gasteiger charge is 2.22. The molecule has 18 heavy (non-hydrogen) atoms. The maximum absolute atomic E-state index is 12.1. The molecule has 8 heteroatoms. The zero-order valence-electron chi connectivity index (χ0n) is 10.9. The van der Waals surface area contributed by atoms with Gasteiger partial charge >= 0.3 is 0 Å². The highest BCUT2D eigenvalue weighted by molar-refractivity contribution is 7.98. The molecular weight excluding hydrogens is 272 g/mol. The highest BCUT2D eigenvalue weighted by Crippen LogP contribution is 2.13. The molecule has 3 N–H and O–H groups in total. The molecule has 0 aromatic carbocycles. The van der Waals surface area contributed by atoms with E-state index in [9.17, 15) is 8.42 Å². The Morgan fingerprint density at radius 1 is 1.56 bits per heavy atom. The second-order valence-corrected chi connectivity index (χ2v) is 6.69. The van der Waals surface area contributed by atoms with E-state index >= 15 is 0 Å². The van der Waals surface area contributed by atoms with Gasteiger partial charge in [-0.1, -0.05) is 0 Å². The number of H-pyrrole nitrogens is 1. The van der Waals surface area contributed by atoms with Gasteiger partial charge in [-0.25, -0.2) is 13.1 Å². The van der Waals surface area contributed by atoms with Crippen LogP contribution in [-0.2, 0) is 16.6 Å². The Balaban J connectivity index is 2.76. The minimum absolute atomic E-state index is 0.0896. The Hall–Kier alpha value is -0.570. The topological polar surface area (TPSA) is 86.9 Å². The molecule has 1 rings (SSSR count). The number of nitrogens with zero attached hydrogens (tertiary/aromatic N) is 1. The molecule has 0 bridgehead atoms. The maximum Gasteiger partial charge on any atom is 0.258 e. The number of aromatic nitrogens is 2. The minimum Gasteiger partial charge on any atom is -0.316 e. The zero-order valence-corrected chi connectivity index (χ0v) is 12.5. The summed E-state index contributed by atoms with van der Waals surface area (Å²) in [6, 6.07) is -0.0896. The summed E-state index contributed by atoms with van der Waals surface area (Å²) in [5.74, 6) is 0.927. The highest BCUT2D eigenvalue weighted by atomic mass is 32.2. The molecule has 6 nitrogen and oxygen atoms in total. The van der Waals surface area contributed by atoms with Crippen LogP contribution in [0.2, 0.25) is 0 Å². The van der Waals surface area contributed by atoms with Gasteiger partial charge in [-0.2, -0.15) is 16.9 Å². The molecular formula is C10H20N4O2S2. The second kappa shape index (κ2) is 7.13. The first-order valence-electron chi connectivity index (χ1n) is 5.69. The van der Waals surface area contributed by atoms with Crippen molar-refractivity contribution >= 4 is 21.8 Å². The lowest BCUT2D eigenvalue weighted by atomic mass is 10.3. The number of rotatable bonds is 8. The van der Waals surface area contributed by atoms with Crippen LogP contribution in [0.4, 0.5) is 0 Å². The van der Waals surface area contributed by atoms with Crippen molar-refractivity contribution in [3.63, 3.8) is 0 Å². The molecule has 1 heterocycles. The van der Waals surface area contributed by atoms with E-state index in [1.807, 2.05) is 13.2 Å². The summed E-state index contributed by atoms with van der Waals surface area (Å²) in [4.78, 5) is 0. The molecule has 0 aliphatic heterocycles. The molecule has 0 aliphatic carbocycles. The van der Waals surface area contributed by atoms with Crippen molar-refractivity contribution in [1.82, 2.24) is 20.2 Å². The molecule has 0 aliphatic rings. The third-order valence-electron chi connectivity index (χ3n) is 2.43. The van der Waals surface area contributed by atoms with Crippen LogP contribution in [0.15, 0.2) is 11.2 Å². The Morgan fingerprint density at radius 2 is 2.28 bits per heavy atom. The van der Waals surface area contributed by atoms with Crippen molar-refractivity contribution in [2.75, 3.05) is 19.1 Å². The molecule has 0 amide bonds. The van der Waals surface area contributed by atoms with Crippen molar-refractivity contribution in [1.29, 1.82) is 0 Å². The lowest BCUT2D eigenvalue weighted by Gasteiger charge is -2.13. The number of sulfonamides is 1. The summed E-state index contributed by atoms with van der Waals surface area (Å²) in [6.07, 6.45) is 4.33. The third kappa shape index (κ3) is 4.27. The van der Waals surface area contributed by atoms with Gasteiger partial charge in [-0.3, -0.25) is 5.10 Å². The van der Waals surface area contributed by atoms with E-state index in [0.29, 0.717) is 12.1 Å². The quantitative estimate of drug-likeness (QED) is 0.651. The van der Waals surface area contributed by atoms with E-state index < -0.39 is 10.0 Å². The van der Waals surface area contributed by atoms with Gasteiger partial charge in [-0.15, -0.1) is 0 Å². The number of hydrogen-bond donors (Lipinski definition) is 3. The smallest absolute Gasteiger partial charge is 0.258 e. The van der Waals surface area contributed by atoms with Crippen LogP contribution in [0.25, 0.3) is 0 Å². The molecule has 0 radical (unpaired) electrons. The Bertz CT molecular complexity index is 458. The number of nitrogens with one attached hydrogen (secondary N) is 3. The average Bonchev–Trinajstić information content (AvgIpc) is 2.75. The predicted molar refractivity (Wildman–Crippen MR) is 74.1 cm³/mol. The fourth-order valence-electron chi connectivity index (χ4n) is 1.53. The van der Waals surface area contributed by atoms with Crippen LogP contribution in [0, 0.1) is 0 Å². The average molecular weight is 292 g/mol. The third-order valence-corrected chi connectivity index (χ3v) is 4.67. The molecule has 1 aromatic rings. The van der Waals surface area contributed by atoms with E-state index in [1.54, 1.807) is 18.8 Å². The van der Waals surface area contributed by atoms with Crippen molar-refractivity contribution in [2.45, 2.75) is 31.0 Å². The van der Waals surface area contributed by atoms with Gasteiger partial charge in [0.25, 0.3) is 10.0 Å². The van der Waals surface area contributed by atoms with Gasteiger partial charge in [0.05, 0.1) is 6.20 Å². The first kappa shape index (κ1) is 15.5.